The molecule has 0 aromatic carbocycles. The minimum absolute atomic E-state index is 0.0664. The van der Waals surface area contributed by atoms with E-state index in [0.717, 1.165) is 13.1 Å². The molecule has 1 aromatic heterocycles. The highest BCUT2D eigenvalue weighted by atomic mass is 16.6. The number of nitrogens with zero attached hydrogens (tertiary/aromatic N) is 3. The van der Waals surface area contributed by atoms with Gasteiger partial charge in [-0.3, -0.25) is 0 Å². The van der Waals surface area contributed by atoms with Crippen molar-refractivity contribution in [3.63, 3.8) is 0 Å². The Balaban J connectivity index is 1.36. The second kappa shape index (κ2) is 13.8. The molecule has 9 heteroatoms. The standard InChI is InChI=1S/C18H31N3O6/c1-23-4-5-24-6-7-25-8-9-26-10-11-27-15-16-12-21(13-16)18-19-3-2-17(14-22)20-18/h2-3,16,22H,4-15H2,1H3. The molecule has 9 nitrogen and oxygen atoms in total. The molecule has 1 saturated heterocycles. The number of hydrogen-bond donors (Lipinski definition) is 1. The number of ether oxygens (including phenoxy) is 5. The van der Waals surface area contributed by atoms with E-state index in [9.17, 15) is 0 Å². The van der Waals surface area contributed by atoms with Crippen LogP contribution in [-0.4, -0.2) is 94.7 Å². The Hall–Kier alpha value is -1.36. The highest BCUT2D eigenvalue weighted by Gasteiger charge is 2.28. The molecule has 0 radical (unpaired) electrons. The summed E-state index contributed by atoms with van der Waals surface area (Å²) in [5, 5.41) is 9.12. The SMILES string of the molecule is COCCOCCOCCOCCOCC1CN(c2nccc(CO)n2)C1. The fraction of sp³-hybridized carbons (Fsp3) is 0.778. The Morgan fingerprint density at radius 3 is 2.15 bits per heavy atom. The maximum absolute atomic E-state index is 9.12. The zero-order chi connectivity index (χ0) is 19.2. The number of hydrogen-bond acceptors (Lipinski definition) is 9. The van der Waals surface area contributed by atoms with Crippen LogP contribution in [0.25, 0.3) is 0 Å². The van der Waals surface area contributed by atoms with Gasteiger partial charge in [0.25, 0.3) is 0 Å². The van der Waals surface area contributed by atoms with Crippen LogP contribution in [0.5, 0.6) is 0 Å². The molecule has 27 heavy (non-hydrogen) atoms. The molecule has 0 unspecified atom stereocenters. The van der Waals surface area contributed by atoms with Crippen molar-refractivity contribution in [3.05, 3.63) is 18.0 Å². The highest BCUT2D eigenvalue weighted by Crippen LogP contribution is 2.21. The molecule has 1 aromatic rings. The molecule has 0 saturated carbocycles. The average molecular weight is 385 g/mol. The van der Waals surface area contributed by atoms with Crippen LogP contribution in [0.1, 0.15) is 5.69 Å². The van der Waals surface area contributed by atoms with Gasteiger partial charge in [0, 0.05) is 32.3 Å². The van der Waals surface area contributed by atoms with E-state index in [4.69, 9.17) is 28.8 Å². The smallest absolute Gasteiger partial charge is 0.225 e. The Labute approximate surface area is 160 Å². The van der Waals surface area contributed by atoms with Gasteiger partial charge in [-0.15, -0.1) is 0 Å². The summed E-state index contributed by atoms with van der Waals surface area (Å²) >= 11 is 0. The summed E-state index contributed by atoms with van der Waals surface area (Å²) in [6.07, 6.45) is 1.67. The Morgan fingerprint density at radius 1 is 0.963 bits per heavy atom. The van der Waals surface area contributed by atoms with E-state index >= 15 is 0 Å². The molecule has 1 N–H and O–H groups in total. The van der Waals surface area contributed by atoms with Gasteiger partial charge in [-0.2, -0.15) is 0 Å². The van der Waals surface area contributed by atoms with Gasteiger partial charge in [0.1, 0.15) is 0 Å². The maximum Gasteiger partial charge on any atom is 0.225 e. The summed E-state index contributed by atoms with van der Waals surface area (Å²) < 4.78 is 26.7. The molecular weight excluding hydrogens is 354 g/mol. The van der Waals surface area contributed by atoms with Gasteiger partial charge in [0.05, 0.1) is 71.8 Å². The van der Waals surface area contributed by atoms with Crippen molar-refractivity contribution in [3.8, 4) is 0 Å². The lowest BCUT2D eigenvalue weighted by molar-refractivity contribution is -0.0118. The van der Waals surface area contributed by atoms with Crippen LogP contribution < -0.4 is 4.90 Å². The molecule has 0 bridgehead atoms. The first kappa shape index (κ1) is 21.9. The third-order valence-electron chi connectivity index (χ3n) is 4.00. The molecule has 2 heterocycles. The molecule has 1 aliphatic heterocycles. The van der Waals surface area contributed by atoms with E-state index in [1.54, 1.807) is 19.4 Å². The summed E-state index contributed by atoms with van der Waals surface area (Å²) in [6, 6.07) is 1.71. The van der Waals surface area contributed by atoms with Crippen molar-refractivity contribution in [1.29, 1.82) is 0 Å². The molecule has 0 atom stereocenters. The zero-order valence-corrected chi connectivity index (χ0v) is 16.0. The molecule has 2 rings (SSSR count). The molecule has 0 spiro atoms. The van der Waals surface area contributed by atoms with E-state index in [1.807, 2.05) is 0 Å². The lowest BCUT2D eigenvalue weighted by atomic mass is 10.0. The highest BCUT2D eigenvalue weighted by molar-refractivity contribution is 5.34. The number of methoxy groups -OCH3 is 1. The van der Waals surface area contributed by atoms with Crippen molar-refractivity contribution < 1.29 is 28.8 Å². The van der Waals surface area contributed by atoms with Gasteiger partial charge in [0.2, 0.25) is 5.95 Å². The van der Waals surface area contributed by atoms with Crippen LogP contribution in [0.15, 0.2) is 12.3 Å². The van der Waals surface area contributed by atoms with E-state index in [-0.39, 0.29) is 6.61 Å². The minimum Gasteiger partial charge on any atom is -0.390 e. The Bertz CT molecular complexity index is 502. The van der Waals surface area contributed by atoms with Gasteiger partial charge in [-0.25, -0.2) is 9.97 Å². The quantitative estimate of drug-likeness (QED) is 0.398. The van der Waals surface area contributed by atoms with Crippen LogP contribution in [0.2, 0.25) is 0 Å². The largest absolute Gasteiger partial charge is 0.390 e. The first-order chi connectivity index (χ1) is 13.3. The average Bonchev–Trinajstić information content (AvgIpc) is 2.66. The topological polar surface area (TPSA) is 95.4 Å². The molecule has 1 aliphatic rings. The number of rotatable bonds is 16. The van der Waals surface area contributed by atoms with E-state index in [2.05, 4.69) is 14.9 Å². The number of aliphatic hydroxyl groups excluding tert-OH is 1. The van der Waals surface area contributed by atoms with Crippen LogP contribution in [-0.2, 0) is 30.3 Å². The van der Waals surface area contributed by atoms with Gasteiger partial charge in [-0.1, -0.05) is 0 Å². The third kappa shape index (κ3) is 8.91. The van der Waals surface area contributed by atoms with Crippen LogP contribution in [0, 0.1) is 5.92 Å². The number of aromatic nitrogens is 2. The lowest BCUT2D eigenvalue weighted by Crippen LogP contribution is -2.49. The molecule has 1 fully saturated rings. The van der Waals surface area contributed by atoms with Crippen LogP contribution in [0.3, 0.4) is 0 Å². The summed E-state index contributed by atoms with van der Waals surface area (Å²) in [5.41, 5.74) is 0.638. The van der Waals surface area contributed by atoms with Gasteiger partial charge in [-0.05, 0) is 6.07 Å². The first-order valence-electron chi connectivity index (χ1n) is 9.31. The van der Waals surface area contributed by atoms with E-state index in [0.29, 0.717) is 77.0 Å². The second-order valence-corrected chi connectivity index (χ2v) is 6.18. The monoisotopic (exact) mass is 385 g/mol. The van der Waals surface area contributed by atoms with Gasteiger partial charge in [0.15, 0.2) is 0 Å². The number of aliphatic hydroxyl groups is 1. The van der Waals surface area contributed by atoms with Crippen molar-refractivity contribution >= 4 is 5.95 Å². The van der Waals surface area contributed by atoms with Crippen molar-refractivity contribution in [1.82, 2.24) is 9.97 Å². The lowest BCUT2D eigenvalue weighted by Gasteiger charge is -2.39. The van der Waals surface area contributed by atoms with E-state index in [1.165, 1.54) is 0 Å². The Kier molecular flexibility index (Phi) is 11.2. The normalized spacial score (nSPS) is 14.5. The van der Waals surface area contributed by atoms with Crippen LogP contribution in [0.4, 0.5) is 5.95 Å². The maximum atomic E-state index is 9.12. The van der Waals surface area contributed by atoms with Gasteiger partial charge >= 0.3 is 0 Å². The number of anilines is 1. The summed E-state index contributed by atoms with van der Waals surface area (Å²) in [7, 11) is 1.65. The zero-order valence-electron chi connectivity index (χ0n) is 16.0. The minimum atomic E-state index is -0.0664. The summed E-state index contributed by atoms with van der Waals surface area (Å²) in [4.78, 5) is 10.6. The third-order valence-corrected chi connectivity index (χ3v) is 4.00. The molecule has 0 aliphatic carbocycles. The predicted molar refractivity (Wildman–Crippen MR) is 98.8 cm³/mol. The molecular formula is C18H31N3O6. The molecule has 154 valence electrons. The Morgan fingerprint density at radius 2 is 1.56 bits per heavy atom. The predicted octanol–water partition coefficient (Wildman–Crippen LogP) is 0.118. The van der Waals surface area contributed by atoms with Crippen molar-refractivity contribution in [2.45, 2.75) is 6.61 Å². The summed E-state index contributed by atoms with van der Waals surface area (Å²) in [5.74, 6) is 1.15. The summed E-state index contributed by atoms with van der Waals surface area (Å²) in [6.45, 7) is 6.95. The second-order valence-electron chi connectivity index (χ2n) is 6.18. The fourth-order valence-electron chi connectivity index (χ4n) is 2.52. The van der Waals surface area contributed by atoms with Crippen molar-refractivity contribution in [2.75, 3.05) is 84.6 Å². The first-order valence-corrected chi connectivity index (χ1v) is 9.31. The van der Waals surface area contributed by atoms with Crippen molar-refractivity contribution in [2.24, 2.45) is 5.92 Å². The van der Waals surface area contributed by atoms with Crippen LogP contribution >= 0.6 is 0 Å². The fourth-order valence-corrected chi connectivity index (χ4v) is 2.52. The van der Waals surface area contributed by atoms with E-state index < -0.39 is 0 Å². The van der Waals surface area contributed by atoms with Gasteiger partial charge < -0.3 is 33.7 Å². The molecule has 0 amide bonds.